The topological polar surface area (TPSA) is 102 Å². The van der Waals surface area contributed by atoms with Crippen molar-refractivity contribution in [2.45, 2.75) is 12.8 Å². The minimum atomic E-state index is -1.19. The smallest absolute Gasteiger partial charge is 0.335 e. The fraction of sp³-hybridized carbons (Fsp3) is 0.429. The van der Waals surface area contributed by atoms with Crippen molar-refractivity contribution in [3.05, 3.63) is 29.6 Å². The molecule has 0 unspecified atom stereocenters. The summed E-state index contributed by atoms with van der Waals surface area (Å²) in [4.78, 5) is 23.3. The van der Waals surface area contributed by atoms with Crippen molar-refractivity contribution in [2.24, 2.45) is 11.1 Å². The van der Waals surface area contributed by atoms with Gasteiger partial charge in [0.15, 0.2) is 0 Å². The molecule has 0 saturated carbocycles. The van der Waals surface area contributed by atoms with Crippen LogP contribution < -0.4 is 11.1 Å². The largest absolute Gasteiger partial charge is 0.478 e. The van der Waals surface area contributed by atoms with Crippen molar-refractivity contribution in [3.63, 3.8) is 0 Å². The molecule has 0 aliphatic carbocycles. The lowest BCUT2D eigenvalue weighted by Crippen LogP contribution is -2.46. The fourth-order valence-electron chi connectivity index (χ4n) is 2.30. The van der Waals surface area contributed by atoms with E-state index in [9.17, 15) is 14.0 Å². The second-order valence-corrected chi connectivity index (χ2v) is 5.05. The summed E-state index contributed by atoms with van der Waals surface area (Å²) in [6, 6.07) is 3.25. The molecule has 4 N–H and O–H groups in total. The van der Waals surface area contributed by atoms with Gasteiger partial charge in [-0.1, -0.05) is 0 Å². The molecule has 0 bridgehead atoms. The Hall–Kier alpha value is -1.99. The van der Waals surface area contributed by atoms with Gasteiger partial charge in [0.2, 0.25) is 5.91 Å². The van der Waals surface area contributed by atoms with E-state index in [0.29, 0.717) is 26.1 Å². The molecule has 0 spiro atoms. The molecule has 1 amide bonds. The summed E-state index contributed by atoms with van der Waals surface area (Å²) in [7, 11) is 0. The van der Waals surface area contributed by atoms with E-state index >= 15 is 0 Å². The first-order valence-corrected chi connectivity index (χ1v) is 6.61. The molecule has 7 heteroatoms. The Balaban J connectivity index is 2.22. The number of hydrogen-bond donors (Lipinski definition) is 3. The van der Waals surface area contributed by atoms with Crippen LogP contribution >= 0.6 is 0 Å². The number of amides is 1. The molecule has 0 radical (unpaired) electrons. The van der Waals surface area contributed by atoms with Gasteiger partial charge in [-0.05, 0) is 31.0 Å². The monoisotopic (exact) mass is 296 g/mol. The number of carboxylic acid groups (broad SMARTS) is 1. The Bertz CT molecular complexity index is 556. The highest BCUT2D eigenvalue weighted by molar-refractivity contribution is 5.97. The van der Waals surface area contributed by atoms with E-state index in [0.717, 1.165) is 18.2 Å². The van der Waals surface area contributed by atoms with Gasteiger partial charge in [-0.2, -0.15) is 0 Å². The highest BCUT2D eigenvalue weighted by Crippen LogP contribution is 2.31. The maximum atomic E-state index is 13.7. The molecule has 1 aliphatic heterocycles. The number of carbonyl (C=O) groups is 2. The van der Waals surface area contributed by atoms with Gasteiger partial charge in [0.05, 0.1) is 16.7 Å². The number of anilines is 1. The van der Waals surface area contributed by atoms with E-state index in [2.05, 4.69) is 5.32 Å². The Labute approximate surface area is 121 Å². The highest BCUT2D eigenvalue weighted by Gasteiger charge is 2.39. The van der Waals surface area contributed by atoms with Gasteiger partial charge < -0.3 is 20.9 Å². The van der Waals surface area contributed by atoms with E-state index in [1.165, 1.54) is 0 Å². The van der Waals surface area contributed by atoms with E-state index < -0.39 is 23.1 Å². The predicted molar refractivity (Wildman–Crippen MR) is 73.5 cm³/mol. The summed E-state index contributed by atoms with van der Waals surface area (Å²) in [6.45, 7) is 0.965. The Kier molecular flexibility index (Phi) is 4.54. The normalized spacial score (nSPS) is 17.2. The average molecular weight is 296 g/mol. The highest BCUT2D eigenvalue weighted by atomic mass is 19.1. The van der Waals surface area contributed by atoms with Gasteiger partial charge in [-0.25, -0.2) is 9.18 Å². The van der Waals surface area contributed by atoms with Gasteiger partial charge in [-0.15, -0.1) is 0 Å². The first-order valence-electron chi connectivity index (χ1n) is 6.61. The lowest BCUT2D eigenvalue weighted by Gasteiger charge is -2.34. The maximum Gasteiger partial charge on any atom is 0.335 e. The lowest BCUT2D eigenvalue weighted by molar-refractivity contribution is -0.130. The quantitative estimate of drug-likeness (QED) is 0.775. The number of carboxylic acids is 1. The number of hydrogen-bond acceptors (Lipinski definition) is 4. The van der Waals surface area contributed by atoms with Crippen LogP contribution in [0.5, 0.6) is 0 Å². The van der Waals surface area contributed by atoms with E-state index in [-0.39, 0.29) is 17.8 Å². The third-order valence-corrected chi connectivity index (χ3v) is 3.78. The van der Waals surface area contributed by atoms with Crippen LogP contribution in [0.4, 0.5) is 10.1 Å². The standard InChI is InChI=1S/C14H17FN2O4/c15-10-2-1-9(12(18)19)7-11(10)17-13(20)14(8-16)3-5-21-6-4-14/h1-2,7H,3-6,8,16H2,(H,17,20)(H,18,19). The molecule has 1 saturated heterocycles. The predicted octanol–water partition coefficient (Wildman–Crippen LogP) is 1.22. The molecule has 1 aromatic rings. The van der Waals surface area contributed by atoms with E-state index in [1.807, 2.05) is 0 Å². The molecule has 1 aromatic carbocycles. The summed E-state index contributed by atoms with van der Waals surface area (Å²) < 4.78 is 18.9. The molecule has 1 aliphatic rings. The SMILES string of the molecule is NCC1(C(=O)Nc2cc(C(=O)O)ccc2F)CCOCC1. The number of ether oxygens (including phenoxy) is 1. The summed E-state index contributed by atoms with van der Waals surface area (Å²) in [5.41, 5.74) is 4.65. The minimum absolute atomic E-state index is 0.0968. The molecule has 1 fully saturated rings. The van der Waals surface area contributed by atoms with E-state index in [4.69, 9.17) is 15.6 Å². The third-order valence-electron chi connectivity index (χ3n) is 3.78. The number of halogens is 1. The van der Waals surface area contributed by atoms with Gasteiger partial charge >= 0.3 is 5.97 Å². The van der Waals surface area contributed by atoms with Crippen molar-refractivity contribution in [3.8, 4) is 0 Å². The van der Waals surface area contributed by atoms with Crippen molar-refractivity contribution >= 4 is 17.6 Å². The summed E-state index contributed by atoms with van der Waals surface area (Å²) in [5, 5.41) is 11.4. The first-order chi connectivity index (χ1) is 9.98. The van der Waals surface area contributed by atoms with Crippen molar-refractivity contribution < 1.29 is 23.8 Å². The van der Waals surface area contributed by atoms with Crippen LogP contribution in [0.3, 0.4) is 0 Å². The van der Waals surface area contributed by atoms with Crippen LogP contribution in [0.1, 0.15) is 23.2 Å². The molecular weight excluding hydrogens is 279 g/mol. The second-order valence-electron chi connectivity index (χ2n) is 5.05. The zero-order chi connectivity index (χ0) is 15.5. The number of nitrogens with one attached hydrogen (secondary N) is 1. The number of aromatic carboxylic acids is 1. The molecule has 2 rings (SSSR count). The second kappa shape index (κ2) is 6.19. The Morgan fingerprint density at radius 3 is 2.62 bits per heavy atom. The van der Waals surface area contributed by atoms with Crippen LogP contribution in [-0.2, 0) is 9.53 Å². The maximum absolute atomic E-state index is 13.7. The Morgan fingerprint density at radius 1 is 1.38 bits per heavy atom. The molecule has 21 heavy (non-hydrogen) atoms. The lowest BCUT2D eigenvalue weighted by atomic mass is 9.79. The summed E-state index contributed by atoms with van der Waals surface area (Å²) >= 11 is 0. The molecule has 0 aromatic heterocycles. The van der Waals surface area contributed by atoms with Crippen LogP contribution in [0, 0.1) is 11.2 Å². The molecule has 0 atom stereocenters. The number of benzene rings is 1. The van der Waals surface area contributed by atoms with E-state index in [1.54, 1.807) is 0 Å². The van der Waals surface area contributed by atoms with Crippen LogP contribution in [0.2, 0.25) is 0 Å². The molecule has 6 nitrogen and oxygen atoms in total. The van der Waals surface area contributed by atoms with Gasteiger partial charge in [0.25, 0.3) is 0 Å². The molecular formula is C14H17FN2O4. The molecule has 114 valence electrons. The summed E-state index contributed by atoms with van der Waals surface area (Å²) in [5.74, 6) is -2.28. The van der Waals surface area contributed by atoms with Gasteiger partial charge in [0.1, 0.15) is 5.82 Å². The fourth-order valence-corrected chi connectivity index (χ4v) is 2.30. The zero-order valence-corrected chi connectivity index (χ0v) is 11.4. The average Bonchev–Trinajstić information content (AvgIpc) is 2.49. The van der Waals surface area contributed by atoms with Crippen molar-refractivity contribution in [2.75, 3.05) is 25.1 Å². The number of carbonyl (C=O) groups excluding carboxylic acids is 1. The first kappa shape index (κ1) is 15.4. The third kappa shape index (κ3) is 3.20. The van der Waals surface area contributed by atoms with Crippen molar-refractivity contribution in [1.82, 2.24) is 0 Å². The zero-order valence-electron chi connectivity index (χ0n) is 11.4. The Morgan fingerprint density at radius 2 is 2.05 bits per heavy atom. The molecule has 1 heterocycles. The minimum Gasteiger partial charge on any atom is -0.478 e. The van der Waals surface area contributed by atoms with Crippen molar-refractivity contribution in [1.29, 1.82) is 0 Å². The summed E-state index contributed by atoms with van der Waals surface area (Å²) in [6.07, 6.45) is 0.908. The van der Waals surface area contributed by atoms with Crippen LogP contribution in [0.15, 0.2) is 18.2 Å². The van der Waals surface area contributed by atoms with Crippen LogP contribution in [-0.4, -0.2) is 36.7 Å². The number of nitrogens with two attached hydrogens (primary N) is 1. The van der Waals surface area contributed by atoms with Crippen LogP contribution in [0.25, 0.3) is 0 Å². The number of rotatable bonds is 4. The van der Waals surface area contributed by atoms with Gasteiger partial charge in [-0.3, -0.25) is 4.79 Å². The van der Waals surface area contributed by atoms with Gasteiger partial charge in [0, 0.05) is 19.8 Å².